The van der Waals surface area contributed by atoms with Crippen LogP contribution in [0.1, 0.15) is 54.9 Å². The van der Waals surface area contributed by atoms with E-state index in [2.05, 4.69) is 0 Å². The molecule has 0 saturated carbocycles. The molecule has 33 heavy (non-hydrogen) atoms. The Morgan fingerprint density at radius 3 is 1.18 bits per heavy atom. The second-order valence-electron chi connectivity index (χ2n) is 10.4. The summed E-state index contributed by atoms with van der Waals surface area (Å²) in [6.45, 7) is 13.2. The summed E-state index contributed by atoms with van der Waals surface area (Å²) in [6.07, 6.45) is -1.20. The maximum absolute atomic E-state index is 13.1. The third-order valence-corrected chi connectivity index (χ3v) is 8.10. The van der Waals surface area contributed by atoms with E-state index < -0.39 is 49.2 Å². The molecule has 2 aromatic rings. The van der Waals surface area contributed by atoms with Crippen LogP contribution in [0, 0.1) is 16.7 Å². The minimum atomic E-state index is -4.08. The molecule has 0 aliphatic carbocycles. The Morgan fingerprint density at radius 2 is 0.939 bits per heavy atom. The lowest BCUT2D eigenvalue weighted by Gasteiger charge is -2.43. The summed E-state index contributed by atoms with van der Waals surface area (Å²) in [7, 11) is -8.16. The first-order valence-corrected chi connectivity index (χ1v) is 13.9. The minimum absolute atomic E-state index is 0.0548. The molecule has 2 unspecified atom stereocenters. The van der Waals surface area contributed by atoms with Crippen LogP contribution >= 0.6 is 0 Å². The molecule has 2 atom stereocenters. The van der Waals surface area contributed by atoms with Crippen LogP contribution < -0.4 is 0 Å². The highest BCUT2D eigenvalue weighted by atomic mass is 32.2. The molecule has 0 aliphatic rings. The van der Waals surface area contributed by atoms with Gasteiger partial charge in [0.1, 0.15) is 0 Å². The topological polar surface area (TPSA) is 86.7 Å². The van der Waals surface area contributed by atoms with Crippen LogP contribution in [0.2, 0.25) is 0 Å². The average molecular weight is 497 g/mol. The normalized spacial score (nSPS) is 16.2. The van der Waals surface area contributed by atoms with Gasteiger partial charge in [-0.25, -0.2) is 0 Å². The molecule has 0 bridgehead atoms. The molecule has 0 aliphatic heterocycles. The maximum atomic E-state index is 13.1. The zero-order valence-corrected chi connectivity index (χ0v) is 22.1. The predicted octanol–water partition coefficient (Wildman–Crippen LogP) is 5.65. The lowest BCUT2D eigenvalue weighted by molar-refractivity contribution is -0.0524. The van der Waals surface area contributed by atoms with Crippen LogP contribution in [0.3, 0.4) is 0 Å². The van der Waals surface area contributed by atoms with Crippen molar-refractivity contribution in [3.05, 3.63) is 60.7 Å². The van der Waals surface area contributed by atoms with E-state index in [1.54, 1.807) is 36.4 Å². The zero-order chi connectivity index (χ0) is 25.1. The zero-order valence-electron chi connectivity index (χ0n) is 20.5. The van der Waals surface area contributed by atoms with Crippen molar-refractivity contribution < 1.29 is 25.2 Å². The first-order valence-electron chi connectivity index (χ1n) is 11.1. The van der Waals surface area contributed by atoms with E-state index in [0.717, 1.165) is 0 Å². The Labute approximate surface area is 199 Å². The van der Waals surface area contributed by atoms with Gasteiger partial charge in [0.05, 0.1) is 22.0 Å². The van der Waals surface area contributed by atoms with Crippen molar-refractivity contribution in [1.29, 1.82) is 0 Å². The van der Waals surface area contributed by atoms with Crippen molar-refractivity contribution in [3.8, 4) is 0 Å². The number of hydrogen-bond donors (Lipinski definition) is 0. The van der Waals surface area contributed by atoms with Gasteiger partial charge in [-0.05, 0) is 41.5 Å². The molecule has 184 valence electrons. The van der Waals surface area contributed by atoms with E-state index in [0.29, 0.717) is 6.42 Å². The lowest BCUT2D eigenvalue weighted by atomic mass is 9.71. The molecular formula is C25H36O6S2. The van der Waals surface area contributed by atoms with Crippen LogP contribution in [0.25, 0.3) is 0 Å². The van der Waals surface area contributed by atoms with Crippen LogP contribution in [-0.2, 0) is 28.6 Å². The smallest absolute Gasteiger partial charge is 0.262 e. The van der Waals surface area contributed by atoms with Gasteiger partial charge in [-0.1, -0.05) is 84.9 Å². The quantitative estimate of drug-likeness (QED) is 0.417. The third-order valence-electron chi connectivity index (χ3n) is 5.48. The molecule has 2 rings (SSSR count). The van der Waals surface area contributed by atoms with Crippen molar-refractivity contribution in [2.75, 3.05) is 0 Å². The van der Waals surface area contributed by atoms with Gasteiger partial charge in [0.25, 0.3) is 20.2 Å². The van der Waals surface area contributed by atoms with Crippen molar-refractivity contribution in [2.45, 2.75) is 76.9 Å². The van der Waals surface area contributed by atoms with Crippen molar-refractivity contribution in [2.24, 2.45) is 16.7 Å². The van der Waals surface area contributed by atoms with Gasteiger partial charge in [-0.3, -0.25) is 8.37 Å². The highest BCUT2D eigenvalue weighted by molar-refractivity contribution is 7.87. The van der Waals surface area contributed by atoms with Gasteiger partial charge < -0.3 is 0 Å². The lowest BCUT2D eigenvalue weighted by Crippen LogP contribution is -2.49. The van der Waals surface area contributed by atoms with Gasteiger partial charge >= 0.3 is 0 Å². The van der Waals surface area contributed by atoms with Crippen LogP contribution in [-0.4, -0.2) is 29.0 Å². The van der Waals surface area contributed by atoms with Crippen LogP contribution in [0.5, 0.6) is 0 Å². The molecule has 0 fully saturated rings. The van der Waals surface area contributed by atoms with E-state index in [1.807, 2.05) is 48.5 Å². The first-order chi connectivity index (χ1) is 15.1. The standard InChI is InChI=1S/C25H36O6S2/c1-8-21(22(24(2,3)4)30-32(26,27)19-15-11-9-12-16-19)23(25(5,6)7)31-33(28,29)20-17-13-10-14-18-20/h9-18,21-23H,8H2,1-7H3. The fraction of sp³-hybridized carbons (Fsp3) is 0.520. The fourth-order valence-corrected chi connectivity index (χ4v) is 6.47. The van der Waals surface area contributed by atoms with Gasteiger partial charge in [0.2, 0.25) is 0 Å². The second-order valence-corrected chi connectivity index (χ2v) is 13.5. The third kappa shape index (κ3) is 7.12. The second kappa shape index (κ2) is 10.3. The summed E-state index contributed by atoms with van der Waals surface area (Å²) >= 11 is 0. The Bertz CT molecular complexity index is 1010. The highest BCUT2D eigenvalue weighted by Crippen LogP contribution is 2.41. The van der Waals surface area contributed by atoms with Crippen molar-refractivity contribution in [1.82, 2.24) is 0 Å². The molecule has 0 amide bonds. The van der Waals surface area contributed by atoms with Crippen molar-refractivity contribution >= 4 is 20.2 Å². The SMILES string of the molecule is CCC(C(OS(=O)(=O)c1ccccc1)C(C)(C)C)C(OS(=O)(=O)c1ccccc1)C(C)(C)C. The number of benzene rings is 2. The molecule has 0 radical (unpaired) electrons. The molecular weight excluding hydrogens is 460 g/mol. The molecule has 0 saturated heterocycles. The molecule has 8 heteroatoms. The largest absolute Gasteiger partial charge is 0.297 e. The summed E-state index contributed by atoms with van der Waals surface area (Å²) < 4.78 is 64.1. The molecule has 2 aromatic carbocycles. The summed E-state index contributed by atoms with van der Waals surface area (Å²) in [5, 5.41) is 0. The molecule has 0 spiro atoms. The Balaban J connectivity index is 2.52. The molecule has 6 nitrogen and oxygen atoms in total. The summed E-state index contributed by atoms with van der Waals surface area (Å²) in [6, 6.07) is 15.9. The van der Waals surface area contributed by atoms with E-state index in [-0.39, 0.29) is 9.79 Å². The first kappa shape index (κ1) is 27.5. The van der Waals surface area contributed by atoms with E-state index in [1.165, 1.54) is 24.3 Å². The predicted molar refractivity (Wildman–Crippen MR) is 130 cm³/mol. The van der Waals surface area contributed by atoms with Gasteiger partial charge in [0, 0.05) is 5.92 Å². The van der Waals surface area contributed by atoms with E-state index >= 15 is 0 Å². The van der Waals surface area contributed by atoms with E-state index in [4.69, 9.17) is 8.37 Å². The minimum Gasteiger partial charge on any atom is -0.262 e. The van der Waals surface area contributed by atoms with Crippen molar-refractivity contribution in [3.63, 3.8) is 0 Å². The molecule has 0 N–H and O–H groups in total. The molecule has 0 aromatic heterocycles. The monoisotopic (exact) mass is 496 g/mol. The number of rotatable bonds is 9. The fourth-order valence-electron chi connectivity index (χ4n) is 3.86. The highest BCUT2D eigenvalue weighted by Gasteiger charge is 2.46. The van der Waals surface area contributed by atoms with Crippen LogP contribution in [0.15, 0.2) is 70.5 Å². The van der Waals surface area contributed by atoms with Gasteiger partial charge in [-0.15, -0.1) is 0 Å². The van der Waals surface area contributed by atoms with Crippen LogP contribution in [0.4, 0.5) is 0 Å². The summed E-state index contributed by atoms with van der Waals surface area (Å²) in [5.74, 6) is -0.526. The van der Waals surface area contributed by atoms with Gasteiger partial charge in [0.15, 0.2) is 0 Å². The average Bonchev–Trinajstić information content (AvgIpc) is 2.72. The Hall–Kier alpha value is -1.74. The Kier molecular flexibility index (Phi) is 8.55. The van der Waals surface area contributed by atoms with Gasteiger partial charge in [-0.2, -0.15) is 16.8 Å². The Morgan fingerprint density at radius 1 is 0.636 bits per heavy atom. The molecule has 0 heterocycles. The number of hydrogen-bond acceptors (Lipinski definition) is 6. The van der Waals surface area contributed by atoms with E-state index in [9.17, 15) is 16.8 Å². The summed E-state index contributed by atoms with van der Waals surface area (Å²) in [4.78, 5) is 0.110. The summed E-state index contributed by atoms with van der Waals surface area (Å²) in [5.41, 5.74) is -1.24. The maximum Gasteiger partial charge on any atom is 0.297 e.